The van der Waals surface area contributed by atoms with Crippen LogP contribution in [0.3, 0.4) is 0 Å². The average Bonchev–Trinajstić information content (AvgIpc) is 3.20. The SMILES string of the molecule is N#CC1(n2cc([C@@H](NC(=O)c3cn4ccncc4n3)C3CCCCC3)nn2)CC1. The lowest BCUT2D eigenvalue weighted by atomic mass is 9.82. The summed E-state index contributed by atoms with van der Waals surface area (Å²) in [5.74, 6) is 0.0639. The smallest absolute Gasteiger partial charge is 0.272 e. The predicted octanol–water partition coefficient (Wildman–Crippen LogP) is 2.38. The average molecular weight is 390 g/mol. The number of fused-ring (bicyclic) bond motifs is 1. The summed E-state index contributed by atoms with van der Waals surface area (Å²) in [6.45, 7) is 0. The summed E-state index contributed by atoms with van der Waals surface area (Å²) in [4.78, 5) is 21.4. The Morgan fingerprint density at radius 3 is 2.83 bits per heavy atom. The van der Waals surface area contributed by atoms with E-state index in [0.717, 1.165) is 44.2 Å². The molecule has 0 saturated heterocycles. The number of aromatic nitrogens is 6. The number of nitrogens with one attached hydrogen (secondary N) is 1. The summed E-state index contributed by atoms with van der Waals surface area (Å²) in [6, 6.07) is 2.09. The second kappa shape index (κ2) is 6.95. The van der Waals surface area contributed by atoms with Gasteiger partial charge in [-0.25, -0.2) is 9.67 Å². The number of nitrogens with zero attached hydrogens (tertiary/aromatic N) is 7. The Balaban J connectivity index is 1.43. The molecule has 3 aromatic rings. The summed E-state index contributed by atoms with van der Waals surface area (Å²) in [5.41, 5.74) is 1.14. The van der Waals surface area contributed by atoms with Crippen LogP contribution in [0.5, 0.6) is 0 Å². The lowest BCUT2D eigenvalue weighted by Gasteiger charge is -2.29. The minimum Gasteiger partial charge on any atom is -0.342 e. The van der Waals surface area contributed by atoms with Crippen LogP contribution < -0.4 is 5.32 Å². The first-order valence-corrected chi connectivity index (χ1v) is 10.1. The van der Waals surface area contributed by atoms with Gasteiger partial charge in [0.1, 0.15) is 11.4 Å². The largest absolute Gasteiger partial charge is 0.342 e. The summed E-state index contributed by atoms with van der Waals surface area (Å²) in [7, 11) is 0. The zero-order valence-electron chi connectivity index (χ0n) is 16.0. The number of nitriles is 1. The highest BCUT2D eigenvalue weighted by molar-refractivity contribution is 5.93. The first-order chi connectivity index (χ1) is 14.2. The first-order valence-electron chi connectivity index (χ1n) is 10.1. The van der Waals surface area contributed by atoms with Gasteiger partial charge in [-0.2, -0.15) is 5.26 Å². The number of hydrogen-bond donors (Lipinski definition) is 1. The van der Waals surface area contributed by atoms with Crippen LogP contribution in [0.1, 0.15) is 67.2 Å². The summed E-state index contributed by atoms with van der Waals surface area (Å²) < 4.78 is 3.44. The molecule has 1 atom stereocenters. The fourth-order valence-electron chi connectivity index (χ4n) is 4.21. The van der Waals surface area contributed by atoms with E-state index in [1.54, 1.807) is 33.9 Å². The maximum Gasteiger partial charge on any atom is 0.272 e. The topological polar surface area (TPSA) is 114 Å². The third kappa shape index (κ3) is 3.24. The minimum absolute atomic E-state index is 0.236. The molecule has 1 amide bonds. The van der Waals surface area contributed by atoms with Gasteiger partial charge in [0.15, 0.2) is 11.2 Å². The van der Waals surface area contributed by atoms with Crippen molar-refractivity contribution in [2.45, 2.75) is 56.5 Å². The highest BCUT2D eigenvalue weighted by Crippen LogP contribution is 2.42. The van der Waals surface area contributed by atoms with Gasteiger partial charge < -0.3 is 9.72 Å². The van der Waals surface area contributed by atoms with Crippen molar-refractivity contribution in [3.63, 3.8) is 0 Å². The molecule has 1 N–H and O–H groups in total. The molecule has 3 aromatic heterocycles. The van der Waals surface area contributed by atoms with Crippen molar-refractivity contribution in [3.05, 3.63) is 42.4 Å². The second-order valence-corrected chi connectivity index (χ2v) is 8.05. The lowest BCUT2D eigenvalue weighted by Crippen LogP contribution is -2.35. The highest BCUT2D eigenvalue weighted by atomic mass is 16.2. The molecule has 0 unspecified atom stereocenters. The minimum atomic E-state index is -0.555. The molecule has 0 radical (unpaired) electrons. The van der Waals surface area contributed by atoms with Crippen LogP contribution in [0.2, 0.25) is 0 Å². The highest BCUT2D eigenvalue weighted by Gasteiger charge is 2.47. The van der Waals surface area contributed by atoms with Crippen molar-refractivity contribution in [2.24, 2.45) is 5.92 Å². The number of hydrogen-bond acceptors (Lipinski definition) is 6. The van der Waals surface area contributed by atoms with Gasteiger partial charge in [0.2, 0.25) is 0 Å². The van der Waals surface area contributed by atoms with Gasteiger partial charge in [-0.15, -0.1) is 5.10 Å². The number of imidazole rings is 1. The number of carbonyl (C=O) groups is 1. The van der Waals surface area contributed by atoms with E-state index in [0.29, 0.717) is 17.3 Å². The van der Waals surface area contributed by atoms with Gasteiger partial charge in [0, 0.05) is 18.6 Å². The molecule has 2 saturated carbocycles. The molecule has 0 spiro atoms. The van der Waals surface area contributed by atoms with Crippen molar-refractivity contribution in [2.75, 3.05) is 0 Å². The van der Waals surface area contributed by atoms with Crippen molar-refractivity contribution in [1.29, 1.82) is 5.26 Å². The van der Waals surface area contributed by atoms with E-state index in [4.69, 9.17) is 0 Å². The Morgan fingerprint density at radius 1 is 1.28 bits per heavy atom. The van der Waals surface area contributed by atoms with Crippen LogP contribution in [0.15, 0.2) is 31.0 Å². The van der Waals surface area contributed by atoms with E-state index in [1.807, 2.05) is 6.20 Å². The van der Waals surface area contributed by atoms with Crippen molar-refractivity contribution >= 4 is 11.6 Å². The molecule has 0 bridgehead atoms. The van der Waals surface area contributed by atoms with E-state index in [2.05, 4.69) is 31.7 Å². The molecule has 2 aliphatic carbocycles. The van der Waals surface area contributed by atoms with E-state index in [-0.39, 0.29) is 11.9 Å². The molecule has 9 nitrogen and oxygen atoms in total. The zero-order chi connectivity index (χ0) is 19.8. The molecule has 0 aromatic carbocycles. The Kier molecular flexibility index (Phi) is 4.27. The zero-order valence-corrected chi connectivity index (χ0v) is 16.0. The lowest BCUT2D eigenvalue weighted by molar-refractivity contribution is 0.0906. The van der Waals surface area contributed by atoms with Crippen LogP contribution in [-0.2, 0) is 5.54 Å². The fourth-order valence-corrected chi connectivity index (χ4v) is 4.21. The van der Waals surface area contributed by atoms with E-state index >= 15 is 0 Å². The van der Waals surface area contributed by atoms with Gasteiger partial charge in [-0.1, -0.05) is 24.5 Å². The van der Waals surface area contributed by atoms with Crippen LogP contribution in [-0.4, -0.2) is 35.3 Å². The third-order valence-electron chi connectivity index (χ3n) is 6.10. The van der Waals surface area contributed by atoms with Gasteiger partial charge in [0.05, 0.1) is 24.5 Å². The van der Waals surface area contributed by atoms with Gasteiger partial charge in [-0.05, 0) is 31.6 Å². The molecular weight excluding hydrogens is 368 g/mol. The standard InChI is InChI=1S/C20H22N8O/c21-13-20(6-7-20)28-12-15(25-26-28)18(14-4-2-1-3-5-14)24-19(29)16-11-27-9-8-22-10-17(27)23-16/h8-12,14,18H,1-7H2,(H,24,29)/t18-/m0/s1. The molecular formula is C20H22N8O. The number of amides is 1. The molecule has 0 aliphatic heterocycles. The van der Waals surface area contributed by atoms with Crippen LogP contribution >= 0.6 is 0 Å². The number of carbonyl (C=O) groups excluding carboxylic acids is 1. The molecule has 148 valence electrons. The van der Waals surface area contributed by atoms with Crippen molar-refractivity contribution in [3.8, 4) is 6.07 Å². The Labute approximate surface area is 167 Å². The third-order valence-corrected chi connectivity index (χ3v) is 6.10. The van der Waals surface area contributed by atoms with Crippen molar-refractivity contribution < 1.29 is 4.79 Å². The van der Waals surface area contributed by atoms with Crippen LogP contribution in [0.4, 0.5) is 0 Å². The quantitative estimate of drug-likeness (QED) is 0.715. The fraction of sp³-hybridized carbons (Fsp3) is 0.500. The molecule has 5 rings (SSSR count). The monoisotopic (exact) mass is 390 g/mol. The Hall–Kier alpha value is -3.28. The van der Waals surface area contributed by atoms with Gasteiger partial charge >= 0.3 is 0 Å². The van der Waals surface area contributed by atoms with E-state index < -0.39 is 5.54 Å². The number of rotatable bonds is 5. The summed E-state index contributed by atoms with van der Waals surface area (Å²) in [5, 5.41) is 21.2. The van der Waals surface area contributed by atoms with Gasteiger partial charge in [0.25, 0.3) is 5.91 Å². The molecule has 9 heteroatoms. The maximum absolute atomic E-state index is 13.0. The maximum atomic E-state index is 13.0. The molecule has 2 fully saturated rings. The first kappa shape index (κ1) is 17.8. The van der Waals surface area contributed by atoms with E-state index in [9.17, 15) is 10.1 Å². The van der Waals surface area contributed by atoms with Crippen LogP contribution in [0, 0.1) is 17.2 Å². The second-order valence-electron chi connectivity index (χ2n) is 8.05. The molecule has 2 aliphatic rings. The van der Waals surface area contributed by atoms with Gasteiger partial charge in [-0.3, -0.25) is 9.78 Å². The Morgan fingerprint density at radius 2 is 2.10 bits per heavy atom. The summed E-state index contributed by atoms with van der Waals surface area (Å²) in [6.07, 6.45) is 15.8. The summed E-state index contributed by atoms with van der Waals surface area (Å²) >= 11 is 0. The molecule has 3 heterocycles. The van der Waals surface area contributed by atoms with E-state index in [1.165, 1.54) is 6.42 Å². The Bertz CT molecular complexity index is 1050. The van der Waals surface area contributed by atoms with Crippen molar-refractivity contribution in [1.82, 2.24) is 34.7 Å². The molecule has 29 heavy (non-hydrogen) atoms. The normalized spacial score (nSPS) is 19.6. The van der Waals surface area contributed by atoms with Crippen LogP contribution in [0.25, 0.3) is 5.65 Å². The predicted molar refractivity (Wildman–Crippen MR) is 103 cm³/mol.